The molecule has 0 spiro atoms. The van der Waals surface area contributed by atoms with Crippen LogP contribution in [0.5, 0.6) is 5.75 Å². The van der Waals surface area contributed by atoms with Crippen LogP contribution in [-0.2, 0) is 0 Å². The highest BCUT2D eigenvalue weighted by molar-refractivity contribution is 5.95. The normalized spacial score (nSPS) is 10.8. The van der Waals surface area contributed by atoms with Crippen LogP contribution in [0.1, 0.15) is 28.7 Å². The summed E-state index contributed by atoms with van der Waals surface area (Å²) >= 11 is 0. The number of benzene rings is 1. The van der Waals surface area contributed by atoms with Gasteiger partial charge in [-0.2, -0.15) is 10.2 Å². The summed E-state index contributed by atoms with van der Waals surface area (Å²) in [4.78, 5) is 16.4. The minimum atomic E-state index is -0.362. The van der Waals surface area contributed by atoms with Gasteiger partial charge >= 0.3 is 0 Å². The number of hydrogen-bond acceptors (Lipinski definition) is 5. The molecule has 2 N–H and O–H groups in total. The highest BCUT2D eigenvalue weighted by Crippen LogP contribution is 2.25. The molecule has 0 fully saturated rings. The maximum Gasteiger partial charge on any atom is 0.289 e. The third-order valence-electron chi connectivity index (χ3n) is 3.73. The van der Waals surface area contributed by atoms with Gasteiger partial charge in [-0.1, -0.05) is 6.07 Å². The lowest BCUT2D eigenvalue weighted by atomic mass is 10.1. The Bertz CT molecular complexity index is 901. The average Bonchev–Trinajstić information content (AvgIpc) is 3.05. The quantitative estimate of drug-likeness (QED) is 0.529. The molecule has 3 aromatic rings. The van der Waals surface area contributed by atoms with Gasteiger partial charge in [0.1, 0.15) is 11.4 Å². The Morgan fingerprint density at radius 2 is 2.08 bits per heavy atom. The summed E-state index contributed by atoms with van der Waals surface area (Å²) in [5.41, 5.74) is 5.87. The fourth-order valence-electron chi connectivity index (χ4n) is 2.44. The number of nitrogens with one attached hydrogen (secondary N) is 2. The average molecular weight is 349 g/mol. The molecule has 0 radical (unpaired) electrons. The van der Waals surface area contributed by atoms with Crippen molar-refractivity contribution in [2.75, 3.05) is 6.61 Å². The first-order chi connectivity index (χ1) is 12.7. The molecule has 0 aliphatic carbocycles. The van der Waals surface area contributed by atoms with E-state index in [0.717, 1.165) is 16.9 Å². The zero-order valence-electron chi connectivity index (χ0n) is 14.6. The third-order valence-corrected chi connectivity index (χ3v) is 3.73. The van der Waals surface area contributed by atoms with E-state index in [1.807, 2.05) is 50.2 Å². The second-order valence-electron chi connectivity index (χ2n) is 5.48. The number of aromatic nitrogens is 3. The highest BCUT2D eigenvalue weighted by Gasteiger charge is 2.16. The molecule has 0 aliphatic rings. The van der Waals surface area contributed by atoms with Gasteiger partial charge in [0.25, 0.3) is 5.91 Å². The first-order valence-electron chi connectivity index (χ1n) is 8.21. The number of carbonyl (C=O) groups excluding carboxylic acids is 1. The van der Waals surface area contributed by atoms with Crippen molar-refractivity contribution in [2.24, 2.45) is 5.10 Å². The number of amides is 1. The van der Waals surface area contributed by atoms with Crippen molar-refractivity contribution in [3.63, 3.8) is 0 Å². The molecule has 0 bridgehead atoms. The molecule has 0 saturated heterocycles. The van der Waals surface area contributed by atoms with Gasteiger partial charge in [0, 0.05) is 17.3 Å². The molecule has 1 aromatic carbocycles. The van der Waals surface area contributed by atoms with Crippen molar-refractivity contribution in [1.82, 2.24) is 20.6 Å². The van der Waals surface area contributed by atoms with Gasteiger partial charge in [0.15, 0.2) is 0 Å². The van der Waals surface area contributed by atoms with Crippen LogP contribution in [0.2, 0.25) is 0 Å². The fraction of sp³-hybridized carbons (Fsp3) is 0.158. The minimum Gasteiger partial charge on any atom is -0.494 e. The Morgan fingerprint density at radius 3 is 2.77 bits per heavy atom. The van der Waals surface area contributed by atoms with Crippen molar-refractivity contribution >= 4 is 12.1 Å². The number of H-pyrrole nitrogens is 1. The van der Waals surface area contributed by atoms with E-state index < -0.39 is 0 Å². The summed E-state index contributed by atoms with van der Waals surface area (Å²) in [5.74, 6) is 0.436. The van der Waals surface area contributed by atoms with Crippen LogP contribution >= 0.6 is 0 Å². The standard InChI is InChI=1S/C19H19N5O2/c1-3-26-16-9-7-14(8-10-16)17-13(2)18(23-22-17)19(25)24-21-12-15-6-4-5-11-20-15/h4-12H,3H2,1-2H3,(H,22,23)(H,24,25)/b21-12+. The summed E-state index contributed by atoms with van der Waals surface area (Å²) in [6.45, 7) is 4.39. The molecule has 7 nitrogen and oxygen atoms in total. The molecule has 2 aromatic heterocycles. The van der Waals surface area contributed by atoms with E-state index in [1.165, 1.54) is 6.21 Å². The Kier molecular flexibility index (Phi) is 5.38. The minimum absolute atomic E-state index is 0.362. The summed E-state index contributed by atoms with van der Waals surface area (Å²) in [6.07, 6.45) is 3.14. The molecule has 0 saturated carbocycles. The predicted molar refractivity (Wildman–Crippen MR) is 99.2 cm³/mol. The van der Waals surface area contributed by atoms with Gasteiger partial charge in [-0.15, -0.1) is 0 Å². The van der Waals surface area contributed by atoms with Crippen molar-refractivity contribution in [1.29, 1.82) is 0 Å². The Morgan fingerprint density at radius 1 is 1.27 bits per heavy atom. The van der Waals surface area contributed by atoms with Gasteiger partial charge in [0.2, 0.25) is 0 Å². The Labute approximate surface area is 151 Å². The first kappa shape index (κ1) is 17.3. The number of carbonyl (C=O) groups is 1. The number of pyridine rings is 1. The first-order valence-corrected chi connectivity index (χ1v) is 8.21. The molecule has 0 atom stereocenters. The maximum absolute atomic E-state index is 12.3. The largest absolute Gasteiger partial charge is 0.494 e. The van der Waals surface area contributed by atoms with Crippen LogP contribution in [0, 0.1) is 6.92 Å². The van der Waals surface area contributed by atoms with E-state index in [9.17, 15) is 4.79 Å². The van der Waals surface area contributed by atoms with Gasteiger partial charge in [-0.3, -0.25) is 14.9 Å². The second kappa shape index (κ2) is 8.06. The van der Waals surface area contributed by atoms with Crippen molar-refractivity contribution in [2.45, 2.75) is 13.8 Å². The van der Waals surface area contributed by atoms with Crippen LogP contribution in [0.25, 0.3) is 11.3 Å². The summed E-state index contributed by atoms with van der Waals surface area (Å²) in [5, 5.41) is 11.0. The lowest BCUT2D eigenvalue weighted by molar-refractivity contribution is 0.0949. The maximum atomic E-state index is 12.3. The van der Waals surface area contributed by atoms with Crippen molar-refractivity contribution < 1.29 is 9.53 Å². The number of aromatic amines is 1. The summed E-state index contributed by atoms with van der Waals surface area (Å²) in [7, 11) is 0. The molecule has 132 valence electrons. The van der Waals surface area contributed by atoms with Crippen LogP contribution in [-0.4, -0.2) is 33.9 Å². The molecule has 0 aliphatic heterocycles. The number of hydrazone groups is 1. The molecule has 1 amide bonds. The van der Waals surface area contributed by atoms with Gasteiger partial charge in [-0.05, 0) is 50.2 Å². The molecular weight excluding hydrogens is 330 g/mol. The second-order valence-corrected chi connectivity index (χ2v) is 5.48. The SMILES string of the molecule is CCOc1ccc(-c2n[nH]c(C(=O)N/N=C/c3ccccn3)c2C)cc1. The third kappa shape index (κ3) is 3.94. The molecular formula is C19H19N5O2. The Hall–Kier alpha value is -3.48. The zero-order valence-corrected chi connectivity index (χ0v) is 14.6. The van der Waals surface area contributed by atoms with Crippen LogP contribution in [0.15, 0.2) is 53.8 Å². The van der Waals surface area contributed by atoms with E-state index in [2.05, 4.69) is 25.7 Å². The van der Waals surface area contributed by atoms with Crippen LogP contribution in [0.4, 0.5) is 0 Å². The molecule has 2 heterocycles. The lowest BCUT2D eigenvalue weighted by Gasteiger charge is -2.04. The van der Waals surface area contributed by atoms with Crippen LogP contribution < -0.4 is 10.2 Å². The van der Waals surface area contributed by atoms with E-state index >= 15 is 0 Å². The van der Waals surface area contributed by atoms with E-state index in [0.29, 0.717) is 23.7 Å². The smallest absolute Gasteiger partial charge is 0.289 e. The van der Waals surface area contributed by atoms with Gasteiger partial charge in [-0.25, -0.2) is 5.43 Å². The molecule has 7 heteroatoms. The molecule has 3 rings (SSSR count). The summed E-state index contributed by atoms with van der Waals surface area (Å²) < 4.78 is 5.44. The van der Waals surface area contributed by atoms with E-state index in [-0.39, 0.29) is 5.91 Å². The number of nitrogens with zero attached hydrogens (tertiary/aromatic N) is 3. The summed E-state index contributed by atoms with van der Waals surface area (Å²) in [6, 6.07) is 13.0. The lowest BCUT2D eigenvalue weighted by Crippen LogP contribution is -2.19. The van der Waals surface area contributed by atoms with Gasteiger partial charge in [0.05, 0.1) is 24.2 Å². The molecule has 0 unspecified atom stereocenters. The van der Waals surface area contributed by atoms with E-state index in [4.69, 9.17) is 4.74 Å². The van der Waals surface area contributed by atoms with Crippen molar-refractivity contribution in [3.8, 4) is 17.0 Å². The predicted octanol–water partition coefficient (Wildman–Crippen LogP) is 2.94. The topological polar surface area (TPSA) is 92.3 Å². The fourth-order valence-corrected chi connectivity index (χ4v) is 2.44. The van der Waals surface area contributed by atoms with Gasteiger partial charge < -0.3 is 4.74 Å². The number of ether oxygens (including phenoxy) is 1. The van der Waals surface area contributed by atoms with Crippen molar-refractivity contribution in [3.05, 3.63) is 65.6 Å². The zero-order chi connectivity index (χ0) is 18.4. The highest BCUT2D eigenvalue weighted by atomic mass is 16.5. The monoisotopic (exact) mass is 349 g/mol. The number of rotatable bonds is 6. The van der Waals surface area contributed by atoms with E-state index in [1.54, 1.807) is 12.3 Å². The number of hydrogen-bond donors (Lipinski definition) is 2. The van der Waals surface area contributed by atoms with Crippen LogP contribution in [0.3, 0.4) is 0 Å². The molecule has 26 heavy (non-hydrogen) atoms. The Balaban J connectivity index is 1.71.